The molecule has 0 saturated heterocycles. The molecule has 0 fully saturated rings. The molecule has 2 heterocycles. The van der Waals surface area contributed by atoms with Crippen LogP contribution in [0, 0.1) is 0 Å². The highest BCUT2D eigenvalue weighted by Crippen LogP contribution is 2.14. The monoisotopic (exact) mass is 268 g/mol. The van der Waals surface area contributed by atoms with Crippen LogP contribution in [0.25, 0.3) is 11.6 Å². The number of benzene rings is 1. The summed E-state index contributed by atoms with van der Waals surface area (Å²) in [6.45, 7) is 4.19. The minimum absolute atomic E-state index is 0.618. The lowest BCUT2D eigenvalue weighted by Crippen LogP contribution is -2.10. The predicted molar refractivity (Wildman–Crippen MR) is 75.0 cm³/mol. The van der Waals surface area contributed by atoms with Crippen molar-refractivity contribution < 1.29 is 0 Å². The number of hydrogen-bond acceptors (Lipinski definition) is 4. The fraction of sp³-hybridized carbons (Fsp3) is 0.286. The van der Waals surface area contributed by atoms with Gasteiger partial charge in [-0.05, 0) is 41.5 Å². The fourth-order valence-electron chi connectivity index (χ4n) is 2.12. The molecule has 0 saturated carbocycles. The zero-order chi connectivity index (χ0) is 13.9. The average molecular weight is 268 g/mol. The van der Waals surface area contributed by atoms with Crippen LogP contribution < -0.4 is 0 Å². The van der Waals surface area contributed by atoms with Gasteiger partial charge < -0.3 is 0 Å². The van der Waals surface area contributed by atoms with Gasteiger partial charge in [-0.3, -0.25) is 0 Å². The van der Waals surface area contributed by atoms with Crippen LogP contribution in [-0.4, -0.2) is 30.0 Å². The van der Waals surface area contributed by atoms with E-state index in [9.17, 15) is 0 Å². The summed E-state index contributed by atoms with van der Waals surface area (Å²) < 4.78 is 3.53. The van der Waals surface area contributed by atoms with Crippen molar-refractivity contribution in [3.8, 4) is 11.6 Å². The van der Waals surface area contributed by atoms with E-state index in [1.54, 1.807) is 4.68 Å². The predicted octanol–water partition coefficient (Wildman–Crippen LogP) is 1.97. The lowest BCUT2D eigenvalue weighted by atomic mass is 10.3. The summed E-state index contributed by atoms with van der Waals surface area (Å²) in [5.74, 6) is 0.618. The molecular formula is C14H16N6. The molecule has 6 heteroatoms. The van der Waals surface area contributed by atoms with Crippen molar-refractivity contribution in [1.29, 1.82) is 0 Å². The van der Waals surface area contributed by atoms with Gasteiger partial charge in [-0.1, -0.05) is 37.1 Å². The van der Waals surface area contributed by atoms with Crippen LogP contribution >= 0.6 is 0 Å². The van der Waals surface area contributed by atoms with Gasteiger partial charge in [0.2, 0.25) is 0 Å². The summed E-state index contributed by atoms with van der Waals surface area (Å²) in [6, 6.07) is 11.9. The summed E-state index contributed by atoms with van der Waals surface area (Å²) in [5.41, 5.74) is 3.07. The largest absolute Gasteiger partial charge is 0.275 e. The molecule has 3 rings (SSSR count). The van der Waals surface area contributed by atoms with Gasteiger partial charge in [0.25, 0.3) is 5.95 Å². The average Bonchev–Trinajstić information content (AvgIpc) is 3.14. The van der Waals surface area contributed by atoms with Gasteiger partial charge in [-0.15, -0.1) is 0 Å². The molecule has 20 heavy (non-hydrogen) atoms. The maximum absolute atomic E-state index is 4.58. The van der Waals surface area contributed by atoms with E-state index in [1.165, 1.54) is 0 Å². The molecule has 1 aromatic carbocycles. The fourth-order valence-corrected chi connectivity index (χ4v) is 2.12. The van der Waals surface area contributed by atoms with E-state index in [2.05, 4.69) is 40.5 Å². The molecule has 0 aliphatic carbocycles. The van der Waals surface area contributed by atoms with Gasteiger partial charge in [0, 0.05) is 5.69 Å². The summed E-state index contributed by atoms with van der Waals surface area (Å²) >= 11 is 0. The van der Waals surface area contributed by atoms with Gasteiger partial charge in [-0.25, -0.2) is 4.68 Å². The van der Waals surface area contributed by atoms with Crippen LogP contribution in [0.5, 0.6) is 0 Å². The summed E-state index contributed by atoms with van der Waals surface area (Å²) in [5, 5.41) is 16.6. The first-order valence-corrected chi connectivity index (χ1v) is 6.75. The molecule has 6 nitrogen and oxygen atoms in total. The molecule has 0 aliphatic heterocycles. The number of aromatic nitrogens is 6. The van der Waals surface area contributed by atoms with E-state index in [0.717, 1.165) is 29.9 Å². The van der Waals surface area contributed by atoms with Crippen LogP contribution in [0.4, 0.5) is 0 Å². The van der Waals surface area contributed by atoms with Crippen molar-refractivity contribution in [2.75, 3.05) is 0 Å². The van der Waals surface area contributed by atoms with Crippen molar-refractivity contribution in [2.24, 2.45) is 0 Å². The third kappa shape index (κ3) is 2.09. The minimum atomic E-state index is 0.618. The number of rotatable bonds is 4. The van der Waals surface area contributed by atoms with Gasteiger partial charge in [0.1, 0.15) is 0 Å². The normalized spacial score (nSPS) is 10.9. The van der Waals surface area contributed by atoms with Gasteiger partial charge >= 0.3 is 0 Å². The SMILES string of the molecule is CCc1cc(CC)n(-c2nnnn2-c2ccccc2)n1. The number of para-hydroxylation sites is 1. The Hall–Kier alpha value is -2.50. The Kier molecular flexibility index (Phi) is 3.28. The van der Waals surface area contributed by atoms with Crippen molar-refractivity contribution in [3.05, 3.63) is 47.8 Å². The molecule has 0 spiro atoms. The molecule has 102 valence electrons. The summed E-state index contributed by atoms with van der Waals surface area (Å²) in [7, 11) is 0. The molecule has 0 radical (unpaired) electrons. The Morgan fingerprint density at radius 1 is 1.00 bits per heavy atom. The van der Waals surface area contributed by atoms with E-state index in [-0.39, 0.29) is 0 Å². The van der Waals surface area contributed by atoms with Crippen LogP contribution in [0.1, 0.15) is 25.2 Å². The maximum Gasteiger partial charge on any atom is 0.275 e. The lowest BCUT2D eigenvalue weighted by molar-refractivity contribution is 0.707. The van der Waals surface area contributed by atoms with E-state index in [1.807, 2.05) is 35.0 Å². The standard InChI is InChI=1S/C14H16N6/c1-3-11-10-12(4-2)19(16-11)14-15-17-18-20(14)13-8-6-5-7-9-13/h5-10H,3-4H2,1-2H3. The number of nitrogens with zero attached hydrogens (tertiary/aromatic N) is 6. The first kappa shape index (κ1) is 12.5. The molecule has 0 atom stereocenters. The number of tetrazole rings is 1. The smallest absolute Gasteiger partial charge is 0.201 e. The number of hydrogen-bond donors (Lipinski definition) is 0. The molecule has 2 aromatic heterocycles. The molecule has 0 aliphatic rings. The molecular weight excluding hydrogens is 252 g/mol. The second-order valence-corrected chi connectivity index (χ2v) is 4.47. The first-order valence-electron chi connectivity index (χ1n) is 6.75. The van der Waals surface area contributed by atoms with E-state index in [4.69, 9.17) is 0 Å². The van der Waals surface area contributed by atoms with Crippen molar-refractivity contribution >= 4 is 0 Å². The highest BCUT2D eigenvalue weighted by molar-refractivity contribution is 5.34. The molecule has 3 aromatic rings. The molecule has 0 unspecified atom stereocenters. The van der Waals surface area contributed by atoms with Crippen molar-refractivity contribution in [1.82, 2.24) is 30.0 Å². The van der Waals surface area contributed by atoms with Crippen LogP contribution in [0.2, 0.25) is 0 Å². The third-order valence-electron chi connectivity index (χ3n) is 3.20. The zero-order valence-electron chi connectivity index (χ0n) is 11.6. The quantitative estimate of drug-likeness (QED) is 0.726. The Labute approximate surface area is 117 Å². The minimum Gasteiger partial charge on any atom is -0.201 e. The van der Waals surface area contributed by atoms with Crippen molar-refractivity contribution in [2.45, 2.75) is 26.7 Å². The van der Waals surface area contributed by atoms with Crippen molar-refractivity contribution in [3.63, 3.8) is 0 Å². The number of aryl methyl sites for hydroxylation is 2. The summed E-state index contributed by atoms with van der Waals surface area (Å²) in [6.07, 6.45) is 1.78. The highest BCUT2D eigenvalue weighted by Gasteiger charge is 2.15. The summed E-state index contributed by atoms with van der Waals surface area (Å²) in [4.78, 5) is 0. The first-order chi connectivity index (χ1) is 9.83. The highest BCUT2D eigenvalue weighted by atomic mass is 15.6. The van der Waals surface area contributed by atoms with Gasteiger partial charge in [-0.2, -0.15) is 9.78 Å². The van der Waals surface area contributed by atoms with Crippen LogP contribution in [0.15, 0.2) is 36.4 Å². The van der Waals surface area contributed by atoms with Gasteiger partial charge in [0.15, 0.2) is 0 Å². The second kappa shape index (κ2) is 5.24. The Balaban J connectivity index is 2.12. The second-order valence-electron chi connectivity index (χ2n) is 4.47. The third-order valence-corrected chi connectivity index (χ3v) is 3.20. The topological polar surface area (TPSA) is 61.4 Å². The lowest BCUT2D eigenvalue weighted by Gasteiger charge is -2.06. The zero-order valence-corrected chi connectivity index (χ0v) is 11.6. The Morgan fingerprint density at radius 2 is 1.80 bits per heavy atom. The molecule has 0 N–H and O–H groups in total. The van der Waals surface area contributed by atoms with E-state index in [0.29, 0.717) is 5.95 Å². The van der Waals surface area contributed by atoms with Crippen LogP contribution in [-0.2, 0) is 12.8 Å². The van der Waals surface area contributed by atoms with E-state index < -0.39 is 0 Å². The Bertz CT molecular complexity index is 698. The molecule has 0 amide bonds. The Morgan fingerprint density at radius 3 is 2.50 bits per heavy atom. The van der Waals surface area contributed by atoms with Gasteiger partial charge in [0.05, 0.1) is 11.4 Å². The van der Waals surface area contributed by atoms with E-state index >= 15 is 0 Å². The maximum atomic E-state index is 4.58. The van der Waals surface area contributed by atoms with Crippen LogP contribution in [0.3, 0.4) is 0 Å². The molecule has 0 bridgehead atoms.